The summed E-state index contributed by atoms with van der Waals surface area (Å²) in [5.41, 5.74) is 0.364. The van der Waals surface area contributed by atoms with E-state index < -0.39 is 11.4 Å². The van der Waals surface area contributed by atoms with Crippen LogP contribution in [0.3, 0.4) is 0 Å². The molecule has 1 aromatic heterocycles. The maximum Gasteiger partial charge on any atom is 0.310 e. The first-order valence-corrected chi connectivity index (χ1v) is 5.21. The van der Waals surface area contributed by atoms with Crippen molar-refractivity contribution >= 4 is 5.97 Å². The fourth-order valence-corrected chi connectivity index (χ4v) is 1.66. The summed E-state index contributed by atoms with van der Waals surface area (Å²) < 4.78 is 1.74. The van der Waals surface area contributed by atoms with Crippen LogP contribution in [0.5, 0.6) is 0 Å². The lowest BCUT2D eigenvalue weighted by Crippen LogP contribution is -2.36. The zero-order valence-electron chi connectivity index (χ0n) is 10.3. The first kappa shape index (κ1) is 12.7. The van der Waals surface area contributed by atoms with Gasteiger partial charge in [-0.15, -0.1) is 0 Å². The molecular weight excluding hydrogens is 206 g/mol. The first-order chi connectivity index (χ1) is 7.31. The van der Waals surface area contributed by atoms with Crippen molar-refractivity contribution in [3.63, 3.8) is 0 Å². The zero-order valence-corrected chi connectivity index (χ0v) is 10.3. The van der Waals surface area contributed by atoms with E-state index in [1.54, 1.807) is 24.7 Å². The highest BCUT2D eigenvalue weighted by molar-refractivity contribution is 5.73. The molecule has 0 spiro atoms. The highest BCUT2D eigenvalue weighted by Crippen LogP contribution is 2.17. The van der Waals surface area contributed by atoms with Gasteiger partial charge in [0.2, 0.25) is 0 Å². The molecule has 1 rings (SSSR count). The minimum Gasteiger partial charge on any atom is -0.481 e. The molecule has 5 heteroatoms. The fourth-order valence-electron chi connectivity index (χ4n) is 1.66. The normalized spacial score (nSPS) is 12.1. The van der Waals surface area contributed by atoms with Crippen LogP contribution in [0.4, 0.5) is 0 Å². The number of aromatic nitrogens is 2. The monoisotopic (exact) mass is 225 g/mol. The molecule has 0 saturated heterocycles. The Kier molecular flexibility index (Phi) is 3.70. The second kappa shape index (κ2) is 4.65. The van der Waals surface area contributed by atoms with Gasteiger partial charge in [0.25, 0.3) is 0 Å². The quantitative estimate of drug-likeness (QED) is 0.811. The molecule has 0 aromatic carbocycles. The van der Waals surface area contributed by atoms with Gasteiger partial charge in [0.1, 0.15) is 0 Å². The minimum atomic E-state index is -0.773. The minimum absolute atomic E-state index is 0.511. The number of hydrogen-bond donors (Lipinski definition) is 1. The molecule has 0 fully saturated rings. The molecule has 0 unspecified atom stereocenters. The van der Waals surface area contributed by atoms with Crippen LogP contribution in [0, 0.1) is 5.41 Å². The Morgan fingerprint density at radius 2 is 2.25 bits per heavy atom. The van der Waals surface area contributed by atoms with Crippen molar-refractivity contribution in [1.82, 2.24) is 14.7 Å². The highest BCUT2D eigenvalue weighted by atomic mass is 16.4. The third-order valence-corrected chi connectivity index (χ3v) is 2.46. The average molecular weight is 225 g/mol. The van der Waals surface area contributed by atoms with Crippen LogP contribution in [-0.2, 0) is 18.4 Å². The molecule has 5 nitrogen and oxygen atoms in total. The molecule has 1 N–H and O–H groups in total. The summed E-state index contributed by atoms with van der Waals surface area (Å²) >= 11 is 0. The average Bonchev–Trinajstić information content (AvgIpc) is 2.49. The van der Waals surface area contributed by atoms with Crippen LogP contribution in [0.15, 0.2) is 12.4 Å². The van der Waals surface area contributed by atoms with Gasteiger partial charge in [-0.2, -0.15) is 5.10 Å². The zero-order chi connectivity index (χ0) is 12.3. The number of aryl methyl sites for hydroxylation is 1. The Bertz CT molecular complexity index is 371. The number of carbonyl (C=O) groups is 1. The van der Waals surface area contributed by atoms with Crippen LogP contribution in [0.25, 0.3) is 0 Å². The summed E-state index contributed by atoms with van der Waals surface area (Å²) in [5.74, 6) is -0.773. The Morgan fingerprint density at radius 1 is 1.62 bits per heavy atom. The number of carboxylic acids is 1. The summed E-state index contributed by atoms with van der Waals surface area (Å²) in [7, 11) is 3.78. The predicted molar refractivity (Wildman–Crippen MR) is 61.0 cm³/mol. The molecule has 0 atom stereocenters. The van der Waals surface area contributed by atoms with Crippen LogP contribution in [0.2, 0.25) is 0 Å². The third-order valence-electron chi connectivity index (χ3n) is 2.46. The van der Waals surface area contributed by atoms with Crippen molar-refractivity contribution in [3.8, 4) is 0 Å². The van der Waals surface area contributed by atoms with Crippen molar-refractivity contribution in [2.75, 3.05) is 13.6 Å². The lowest BCUT2D eigenvalue weighted by atomic mass is 9.93. The molecule has 0 bridgehead atoms. The third kappa shape index (κ3) is 3.34. The molecule has 16 heavy (non-hydrogen) atoms. The van der Waals surface area contributed by atoms with Crippen molar-refractivity contribution in [3.05, 3.63) is 18.0 Å². The van der Waals surface area contributed by atoms with E-state index in [0.717, 1.165) is 5.56 Å². The first-order valence-electron chi connectivity index (χ1n) is 5.21. The largest absolute Gasteiger partial charge is 0.481 e. The van der Waals surface area contributed by atoms with Crippen LogP contribution < -0.4 is 0 Å². The second-order valence-electron chi connectivity index (χ2n) is 4.88. The van der Waals surface area contributed by atoms with E-state index in [0.29, 0.717) is 13.1 Å². The number of rotatable bonds is 5. The topological polar surface area (TPSA) is 58.4 Å². The van der Waals surface area contributed by atoms with Gasteiger partial charge in [0.05, 0.1) is 11.6 Å². The molecule has 0 aliphatic heterocycles. The SMILES string of the molecule is CN(Cc1cnn(C)c1)CC(C)(C)C(=O)O. The molecule has 0 saturated carbocycles. The number of nitrogens with zero attached hydrogens (tertiary/aromatic N) is 3. The Morgan fingerprint density at radius 3 is 2.69 bits per heavy atom. The van der Waals surface area contributed by atoms with Crippen molar-refractivity contribution < 1.29 is 9.90 Å². The predicted octanol–water partition coefficient (Wildman–Crippen LogP) is 0.963. The molecule has 0 aliphatic carbocycles. The smallest absolute Gasteiger partial charge is 0.310 e. The van der Waals surface area contributed by atoms with E-state index in [4.69, 9.17) is 5.11 Å². The lowest BCUT2D eigenvalue weighted by Gasteiger charge is -2.26. The fraction of sp³-hybridized carbons (Fsp3) is 0.636. The van der Waals surface area contributed by atoms with E-state index in [-0.39, 0.29) is 0 Å². The van der Waals surface area contributed by atoms with Crippen LogP contribution in [0.1, 0.15) is 19.4 Å². The summed E-state index contributed by atoms with van der Waals surface area (Å²) in [5, 5.41) is 13.1. The summed E-state index contributed by atoms with van der Waals surface area (Å²) in [6.45, 7) is 4.69. The van der Waals surface area contributed by atoms with Gasteiger partial charge in [-0.25, -0.2) is 0 Å². The standard InChI is InChI=1S/C11H19N3O2/c1-11(2,10(15)16)8-13(3)6-9-5-12-14(4)7-9/h5,7H,6,8H2,1-4H3,(H,15,16). The molecule has 0 aliphatic rings. The lowest BCUT2D eigenvalue weighted by molar-refractivity contribution is -0.147. The molecule has 90 valence electrons. The van der Waals surface area contributed by atoms with E-state index in [2.05, 4.69) is 5.10 Å². The number of hydrogen-bond acceptors (Lipinski definition) is 3. The van der Waals surface area contributed by atoms with Gasteiger partial charge in [0.15, 0.2) is 0 Å². The van der Waals surface area contributed by atoms with Crippen molar-refractivity contribution in [2.45, 2.75) is 20.4 Å². The van der Waals surface area contributed by atoms with E-state index in [9.17, 15) is 4.79 Å². The van der Waals surface area contributed by atoms with Gasteiger partial charge < -0.3 is 10.0 Å². The molecular formula is C11H19N3O2. The van der Waals surface area contributed by atoms with Crippen molar-refractivity contribution in [2.24, 2.45) is 12.5 Å². The van der Waals surface area contributed by atoms with Gasteiger partial charge in [0, 0.05) is 31.9 Å². The molecule has 0 amide bonds. The summed E-state index contributed by atoms with van der Waals surface area (Å²) in [6.07, 6.45) is 3.73. The summed E-state index contributed by atoms with van der Waals surface area (Å²) in [6, 6.07) is 0. The Labute approximate surface area is 95.7 Å². The van der Waals surface area contributed by atoms with Crippen molar-refractivity contribution in [1.29, 1.82) is 0 Å². The van der Waals surface area contributed by atoms with E-state index in [1.807, 2.05) is 25.2 Å². The van der Waals surface area contributed by atoms with Gasteiger partial charge in [-0.3, -0.25) is 9.48 Å². The second-order valence-corrected chi connectivity index (χ2v) is 4.88. The maximum absolute atomic E-state index is 11.0. The van der Waals surface area contributed by atoms with Gasteiger partial charge >= 0.3 is 5.97 Å². The van der Waals surface area contributed by atoms with Crippen LogP contribution >= 0.6 is 0 Å². The maximum atomic E-state index is 11.0. The van der Waals surface area contributed by atoms with Crippen LogP contribution in [-0.4, -0.2) is 39.3 Å². The summed E-state index contributed by atoms with van der Waals surface area (Å²) in [4.78, 5) is 13.0. The van der Waals surface area contributed by atoms with E-state index in [1.165, 1.54) is 0 Å². The molecule has 0 radical (unpaired) electrons. The van der Waals surface area contributed by atoms with Gasteiger partial charge in [-0.1, -0.05) is 0 Å². The molecule has 1 heterocycles. The van der Waals surface area contributed by atoms with E-state index >= 15 is 0 Å². The Hall–Kier alpha value is -1.36. The number of aliphatic carboxylic acids is 1. The van der Waals surface area contributed by atoms with Gasteiger partial charge in [-0.05, 0) is 20.9 Å². The highest BCUT2D eigenvalue weighted by Gasteiger charge is 2.28. The number of carboxylic acid groups (broad SMARTS) is 1. The Balaban J connectivity index is 2.54. The molecule has 1 aromatic rings.